The number of benzene rings is 1. The third kappa shape index (κ3) is 4.55. The molecule has 2 N–H and O–H groups in total. The van der Waals surface area contributed by atoms with Crippen LogP contribution in [-0.4, -0.2) is 36.7 Å². The Hall–Kier alpha value is -1.88. The van der Waals surface area contributed by atoms with E-state index in [2.05, 4.69) is 10.1 Å². The second-order valence-electron chi connectivity index (χ2n) is 4.01. The number of amides is 1. The Labute approximate surface area is 106 Å². The predicted octanol–water partition coefficient (Wildman–Crippen LogP) is 0.188. The largest absolute Gasteiger partial charge is 0.467 e. The molecule has 18 heavy (non-hydrogen) atoms. The Morgan fingerprint density at radius 3 is 2.78 bits per heavy atom. The van der Waals surface area contributed by atoms with Gasteiger partial charge in [-0.25, -0.2) is 4.79 Å². The molecule has 1 aromatic carbocycles. The minimum absolute atomic E-state index is 0.142. The molecule has 1 unspecified atom stereocenters. The highest BCUT2D eigenvalue weighted by Crippen LogP contribution is 2.04. The molecule has 0 fully saturated rings. The van der Waals surface area contributed by atoms with Crippen molar-refractivity contribution in [2.75, 3.05) is 13.7 Å². The Morgan fingerprint density at radius 1 is 1.44 bits per heavy atom. The van der Waals surface area contributed by atoms with Crippen molar-refractivity contribution in [2.45, 2.75) is 19.4 Å². The molecular formula is C13H17NO4. The normalized spacial score (nSPS) is 11.7. The van der Waals surface area contributed by atoms with Crippen LogP contribution in [-0.2, 0) is 20.7 Å². The topological polar surface area (TPSA) is 75.6 Å². The molecule has 1 atom stereocenters. The molecule has 0 aliphatic heterocycles. The maximum Gasteiger partial charge on any atom is 0.336 e. The first-order valence-electron chi connectivity index (χ1n) is 5.61. The van der Waals surface area contributed by atoms with Crippen molar-refractivity contribution in [3.63, 3.8) is 0 Å². The second kappa shape index (κ2) is 6.76. The summed E-state index contributed by atoms with van der Waals surface area (Å²) in [6.45, 7) is 1.81. The number of hydrogen-bond acceptors (Lipinski definition) is 4. The fourth-order valence-electron chi connectivity index (χ4n) is 1.50. The Bertz CT molecular complexity index is 431. The third-order valence-corrected chi connectivity index (χ3v) is 2.41. The van der Waals surface area contributed by atoms with E-state index >= 15 is 0 Å². The van der Waals surface area contributed by atoms with Gasteiger partial charge in [0.25, 0.3) is 0 Å². The number of carbonyl (C=O) groups is 2. The van der Waals surface area contributed by atoms with Gasteiger partial charge in [-0.05, 0) is 12.5 Å². The molecule has 0 radical (unpaired) electrons. The molecule has 0 aliphatic carbocycles. The van der Waals surface area contributed by atoms with E-state index in [9.17, 15) is 14.7 Å². The minimum atomic E-state index is -1.32. The number of aliphatic hydroxyl groups is 1. The number of nitrogens with one attached hydrogen (secondary N) is 1. The first kappa shape index (κ1) is 14.2. The SMILES string of the molecule is COC(=O)C(O)CNC(=O)Cc1cccc(C)c1. The molecule has 5 nitrogen and oxygen atoms in total. The van der Waals surface area contributed by atoms with Gasteiger partial charge in [-0.1, -0.05) is 29.8 Å². The summed E-state index contributed by atoms with van der Waals surface area (Å²) in [7, 11) is 1.18. The Balaban J connectivity index is 2.41. The van der Waals surface area contributed by atoms with E-state index in [1.165, 1.54) is 7.11 Å². The van der Waals surface area contributed by atoms with Crippen LogP contribution in [0.3, 0.4) is 0 Å². The third-order valence-electron chi connectivity index (χ3n) is 2.41. The van der Waals surface area contributed by atoms with Crippen molar-refractivity contribution in [3.8, 4) is 0 Å². The van der Waals surface area contributed by atoms with Gasteiger partial charge in [0.1, 0.15) is 0 Å². The molecular weight excluding hydrogens is 234 g/mol. The van der Waals surface area contributed by atoms with E-state index in [0.29, 0.717) is 0 Å². The second-order valence-corrected chi connectivity index (χ2v) is 4.01. The fourth-order valence-corrected chi connectivity index (χ4v) is 1.50. The van der Waals surface area contributed by atoms with E-state index in [1.807, 2.05) is 31.2 Å². The molecule has 0 spiro atoms. The van der Waals surface area contributed by atoms with Crippen LogP contribution in [0.15, 0.2) is 24.3 Å². The zero-order valence-electron chi connectivity index (χ0n) is 10.5. The Morgan fingerprint density at radius 2 is 2.17 bits per heavy atom. The standard InChI is InChI=1S/C13H17NO4/c1-9-4-3-5-10(6-9)7-12(16)14-8-11(15)13(17)18-2/h3-6,11,15H,7-8H2,1-2H3,(H,14,16). The van der Waals surface area contributed by atoms with Crippen LogP contribution in [0.1, 0.15) is 11.1 Å². The molecule has 0 aliphatic rings. The number of aryl methyl sites for hydroxylation is 1. The zero-order valence-corrected chi connectivity index (χ0v) is 10.5. The first-order chi connectivity index (χ1) is 8.52. The lowest BCUT2D eigenvalue weighted by Crippen LogP contribution is -2.37. The molecule has 0 saturated heterocycles. The molecule has 1 rings (SSSR count). The monoisotopic (exact) mass is 251 g/mol. The summed E-state index contributed by atoms with van der Waals surface area (Å²) in [5.74, 6) is -1.01. The van der Waals surface area contributed by atoms with Gasteiger partial charge in [-0.2, -0.15) is 0 Å². The van der Waals surface area contributed by atoms with Crippen LogP contribution in [0.4, 0.5) is 0 Å². The van der Waals surface area contributed by atoms with Crippen LogP contribution < -0.4 is 5.32 Å². The highest BCUT2D eigenvalue weighted by molar-refractivity contribution is 5.80. The van der Waals surface area contributed by atoms with Crippen molar-refractivity contribution in [2.24, 2.45) is 0 Å². The number of hydrogen-bond donors (Lipinski definition) is 2. The molecule has 5 heteroatoms. The van der Waals surface area contributed by atoms with Gasteiger partial charge in [0.05, 0.1) is 20.1 Å². The van der Waals surface area contributed by atoms with E-state index in [4.69, 9.17) is 0 Å². The summed E-state index contributed by atoms with van der Waals surface area (Å²) in [4.78, 5) is 22.5. The maximum atomic E-state index is 11.6. The number of esters is 1. The van der Waals surface area contributed by atoms with Gasteiger partial charge in [0.15, 0.2) is 6.10 Å². The minimum Gasteiger partial charge on any atom is -0.467 e. The lowest BCUT2D eigenvalue weighted by Gasteiger charge is -2.09. The Kier molecular flexibility index (Phi) is 5.32. The molecule has 98 valence electrons. The van der Waals surface area contributed by atoms with Gasteiger partial charge in [0, 0.05) is 0 Å². The number of rotatable bonds is 5. The van der Waals surface area contributed by atoms with E-state index in [-0.39, 0.29) is 18.9 Å². The van der Waals surface area contributed by atoms with Gasteiger partial charge < -0.3 is 15.2 Å². The van der Waals surface area contributed by atoms with Crippen LogP contribution >= 0.6 is 0 Å². The number of ether oxygens (including phenoxy) is 1. The van der Waals surface area contributed by atoms with Crippen molar-refractivity contribution in [3.05, 3.63) is 35.4 Å². The molecule has 0 heterocycles. The summed E-state index contributed by atoms with van der Waals surface area (Å²) in [5.41, 5.74) is 1.97. The molecule has 0 aromatic heterocycles. The van der Waals surface area contributed by atoms with E-state index in [1.54, 1.807) is 0 Å². The quantitative estimate of drug-likeness (QED) is 0.732. The van der Waals surface area contributed by atoms with Crippen molar-refractivity contribution in [1.82, 2.24) is 5.32 Å². The predicted molar refractivity (Wildman–Crippen MR) is 65.9 cm³/mol. The summed E-state index contributed by atoms with van der Waals surface area (Å²) in [6.07, 6.45) is -1.10. The zero-order chi connectivity index (χ0) is 13.5. The van der Waals surface area contributed by atoms with Crippen LogP contribution in [0.5, 0.6) is 0 Å². The summed E-state index contributed by atoms with van der Waals surface area (Å²) in [6, 6.07) is 7.59. The summed E-state index contributed by atoms with van der Waals surface area (Å²) < 4.78 is 4.34. The molecule has 1 aromatic rings. The van der Waals surface area contributed by atoms with Gasteiger partial charge in [-0.3, -0.25) is 4.79 Å². The van der Waals surface area contributed by atoms with Gasteiger partial charge in [-0.15, -0.1) is 0 Å². The van der Waals surface area contributed by atoms with Gasteiger partial charge >= 0.3 is 5.97 Å². The van der Waals surface area contributed by atoms with Crippen LogP contribution in [0.25, 0.3) is 0 Å². The fraction of sp³-hybridized carbons (Fsp3) is 0.385. The highest BCUT2D eigenvalue weighted by atomic mass is 16.5. The van der Waals surface area contributed by atoms with E-state index in [0.717, 1.165) is 11.1 Å². The van der Waals surface area contributed by atoms with Crippen molar-refractivity contribution < 1.29 is 19.4 Å². The lowest BCUT2D eigenvalue weighted by atomic mass is 10.1. The van der Waals surface area contributed by atoms with Crippen molar-refractivity contribution in [1.29, 1.82) is 0 Å². The molecule has 0 bridgehead atoms. The van der Waals surface area contributed by atoms with Gasteiger partial charge in [0.2, 0.25) is 5.91 Å². The smallest absolute Gasteiger partial charge is 0.336 e. The van der Waals surface area contributed by atoms with Crippen LogP contribution in [0.2, 0.25) is 0 Å². The molecule has 0 saturated carbocycles. The summed E-state index contributed by atoms with van der Waals surface area (Å²) in [5, 5.41) is 11.8. The maximum absolute atomic E-state index is 11.6. The number of methoxy groups -OCH3 is 1. The van der Waals surface area contributed by atoms with E-state index < -0.39 is 12.1 Å². The van der Waals surface area contributed by atoms with Crippen LogP contribution in [0, 0.1) is 6.92 Å². The highest BCUT2D eigenvalue weighted by Gasteiger charge is 2.16. The average Bonchev–Trinajstić information content (AvgIpc) is 2.35. The lowest BCUT2D eigenvalue weighted by molar-refractivity contribution is -0.150. The first-order valence-corrected chi connectivity index (χ1v) is 5.61. The molecule has 1 amide bonds. The average molecular weight is 251 g/mol. The number of carbonyl (C=O) groups excluding carboxylic acids is 2. The summed E-state index contributed by atoms with van der Waals surface area (Å²) >= 11 is 0. The van der Waals surface area contributed by atoms with Crippen molar-refractivity contribution >= 4 is 11.9 Å². The number of aliphatic hydroxyl groups excluding tert-OH is 1.